The van der Waals surface area contributed by atoms with Crippen LogP contribution in [0.1, 0.15) is 38.2 Å². The minimum absolute atomic E-state index is 0.225. The lowest BCUT2D eigenvalue weighted by Crippen LogP contribution is -1.84. The summed E-state index contributed by atoms with van der Waals surface area (Å²) in [5.41, 5.74) is 2.20. The molecule has 0 aliphatic carbocycles. The summed E-state index contributed by atoms with van der Waals surface area (Å²) in [4.78, 5) is 0.615. The van der Waals surface area contributed by atoms with Crippen molar-refractivity contribution in [3.8, 4) is 5.75 Å². The summed E-state index contributed by atoms with van der Waals surface area (Å²) in [5.74, 6) is 0.225. The molecule has 0 atom stereocenters. The van der Waals surface area contributed by atoms with Crippen LogP contribution >= 0.6 is 12.6 Å². The fourth-order valence-corrected chi connectivity index (χ4v) is 1.69. The number of phenolic OH excluding ortho intramolecular Hbond substituents is 1. The van der Waals surface area contributed by atoms with Crippen LogP contribution in [-0.2, 0) is 0 Å². The molecule has 0 radical (unpaired) electrons. The fraction of sp³-hybridized carbons (Fsp3) is 0.385. The van der Waals surface area contributed by atoms with Gasteiger partial charge in [0.2, 0.25) is 0 Å². The Morgan fingerprint density at radius 1 is 1.40 bits per heavy atom. The van der Waals surface area contributed by atoms with E-state index in [0.29, 0.717) is 4.90 Å². The van der Waals surface area contributed by atoms with E-state index in [2.05, 4.69) is 26.1 Å². The zero-order valence-electron chi connectivity index (χ0n) is 9.16. The maximum Gasteiger partial charge on any atom is 0.128 e. The van der Waals surface area contributed by atoms with Crippen molar-refractivity contribution in [2.45, 2.75) is 37.5 Å². The van der Waals surface area contributed by atoms with Crippen molar-refractivity contribution in [2.24, 2.45) is 0 Å². The van der Waals surface area contributed by atoms with Crippen molar-refractivity contribution >= 4 is 18.2 Å². The second-order valence-electron chi connectivity index (χ2n) is 3.76. The Hall–Kier alpha value is -0.890. The average molecular weight is 222 g/mol. The molecule has 0 heterocycles. The maximum atomic E-state index is 9.33. The lowest BCUT2D eigenvalue weighted by molar-refractivity contribution is 0.462. The summed E-state index contributed by atoms with van der Waals surface area (Å²) in [6.45, 7) is 6.24. The number of unbranched alkanes of at least 4 members (excludes halogenated alkanes) is 2. The third-order valence-corrected chi connectivity index (χ3v) is 2.82. The normalized spacial score (nSPS) is 10.3. The maximum absolute atomic E-state index is 9.33. The topological polar surface area (TPSA) is 20.2 Å². The summed E-state index contributed by atoms with van der Waals surface area (Å²) in [6, 6.07) is 5.43. The van der Waals surface area contributed by atoms with Crippen LogP contribution in [0.4, 0.5) is 0 Å². The van der Waals surface area contributed by atoms with E-state index in [1.165, 1.54) is 19.3 Å². The van der Waals surface area contributed by atoms with Gasteiger partial charge in [0.05, 0.1) is 0 Å². The molecule has 0 amide bonds. The van der Waals surface area contributed by atoms with E-state index < -0.39 is 0 Å². The quantitative estimate of drug-likeness (QED) is 0.563. The number of hydrogen-bond acceptors (Lipinski definition) is 2. The molecule has 1 rings (SSSR count). The van der Waals surface area contributed by atoms with E-state index in [4.69, 9.17) is 0 Å². The first kappa shape index (κ1) is 12.2. The SMILES string of the molecule is C=C(CCCCC)c1ccc(O)c(S)c1. The molecular weight excluding hydrogens is 204 g/mol. The molecule has 15 heavy (non-hydrogen) atoms. The third kappa shape index (κ3) is 3.63. The number of rotatable bonds is 5. The Morgan fingerprint density at radius 3 is 2.73 bits per heavy atom. The van der Waals surface area contributed by atoms with E-state index in [1.54, 1.807) is 6.07 Å². The van der Waals surface area contributed by atoms with Gasteiger partial charge in [0.1, 0.15) is 5.75 Å². The first-order chi connectivity index (χ1) is 7.15. The largest absolute Gasteiger partial charge is 0.507 e. The highest BCUT2D eigenvalue weighted by Crippen LogP contribution is 2.27. The van der Waals surface area contributed by atoms with Crippen LogP contribution in [0.2, 0.25) is 0 Å². The van der Waals surface area contributed by atoms with Crippen LogP contribution in [-0.4, -0.2) is 5.11 Å². The number of aromatic hydroxyl groups is 1. The van der Waals surface area contributed by atoms with Gasteiger partial charge in [-0.05, 0) is 36.1 Å². The van der Waals surface area contributed by atoms with Gasteiger partial charge in [-0.25, -0.2) is 0 Å². The monoisotopic (exact) mass is 222 g/mol. The molecule has 0 aromatic heterocycles. The zero-order valence-corrected chi connectivity index (χ0v) is 10.1. The zero-order chi connectivity index (χ0) is 11.3. The predicted octanol–water partition coefficient (Wildman–Crippen LogP) is 4.27. The Kier molecular flexibility index (Phi) is 4.76. The summed E-state index contributed by atoms with van der Waals surface area (Å²) >= 11 is 4.18. The van der Waals surface area contributed by atoms with Crippen LogP contribution < -0.4 is 0 Å². The Morgan fingerprint density at radius 2 is 2.13 bits per heavy atom. The van der Waals surface area contributed by atoms with Crippen molar-refractivity contribution in [3.63, 3.8) is 0 Å². The fourth-order valence-electron chi connectivity index (χ4n) is 1.48. The van der Waals surface area contributed by atoms with Gasteiger partial charge in [-0.1, -0.05) is 32.4 Å². The minimum Gasteiger partial charge on any atom is -0.507 e. The summed E-state index contributed by atoms with van der Waals surface area (Å²) in [5, 5.41) is 9.33. The average Bonchev–Trinajstić information content (AvgIpc) is 2.22. The molecule has 1 nitrogen and oxygen atoms in total. The standard InChI is InChI=1S/C13H18OS/c1-3-4-5-6-10(2)11-7-8-12(14)13(15)9-11/h7-9,14-15H,2-6H2,1H3. The molecule has 0 aliphatic rings. The van der Waals surface area contributed by atoms with Gasteiger partial charge < -0.3 is 5.11 Å². The van der Waals surface area contributed by atoms with Crippen LogP contribution in [0.25, 0.3) is 5.57 Å². The van der Waals surface area contributed by atoms with Gasteiger partial charge in [0.15, 0.2) is 0 Å². The Bertz CT molecular complexity index is 344. The van der Waals surface area contributed by atoms with Crippen molar-refractivity contribution in [1.29, 1.82) is 0 Å². The highest BCUT2D eigenvalue weighted by atomic mass is 32.1. The second kappa shape index (κ2) is 5.86. The number of thiol groups is 1. The molecule has 0 saturated carbocycles. The molecule has 1 N–H and O–H groups in total. The molecule has 1 aromatic carbocycles. The van der Waals surface area contributed by atoms with Gasteiger partial charge in [0.25, 0.3) is 0 Å². The van der Waals surface area contributed by atoms with E-state index in [1.807, 2.05) is 12.1 Å². The van der Waals surface area contributed by atoms with Crippen molar-refractivity contribution in [1.82, 2.24) is 0 Å². The van der Waals surface area contributed by atoms with Gasteiger partial charge in [-0.2, -0.15) is 0 Å². The lowest BCUT2D eigenvalue weighted by Gasteiger charge is -2.07. The van der Waals surface area contributed by atoms with Crippen LogP contribution in [0.3, 0.4) is 0 Å². The Balaban J connectivity index is 2.62. The first-order valence-corrected chi connectivity index (χ1v) is 5.80. The number of benzene rings is 1. The smallest absolute Gasteiger partial charge is 0.128 e. The van der Waals surface area contributed by atoms with Gasteiger partial charge in [-0.3, -0.25) is 0 Å². The molecule has 0 fully saturated rings. The molecule has 0 bridgehead atoms. The highest BCUT2D eigenvalue weighted by molar-refractivity contribution is 7.80. The molecule has 1 aromatic rings. The van der Waals surface area contributed by atoms with E-state index in [9.17, 15) is 5.11 Å². The molecule has 82 valence electrons. The molecule has 0 saturated heterocycles. The second-order valence-corrected chi connectivity index (χ2v) is 4.25. The number of allylic oxidation sites excluding steroid dienone is 1. The molecule has 0 spiro atoms. The molecule has 0 unspecified atom stereocenters. The molecule has 0 aliphatic heterocycles. The third-order valence-electron chi connectivity index (χ3n) is 2.47. The van der Waals surface area contributed by atoms with Gasteiger partial charge >= 0.3 is 0 Å². The molecular formula is C13H18OS. The van der Waals surface area contributed by atoms with E-state index in [-0.39, 0.29) is 5.75 Å². The van der Waals surface area contributed by atoms with Crippen LogP contribution in [0, 0.1) is 0 Å². The summed E-state index contributed by atoms with van der Waals surface area (Å²) in [7, 11) is 0. The van der Waals surface area contributed by atoms with Gasteiger partial charge in [-0.15, -0.1) is 12.6 Å². The Labute approximate surface area is 97.2 Å². The van der Waals surface area contributed by atoms with Crippen molar-refractivity contribution in [3.05, 3.63) is 30.3 Å². The molecule has 2 heteroatoms. The van der Waals surface area contributed by atoms with Crippen LogP contribution in [0.15, 0.2) is 29.7 Å². The predicted molar refractivity (Wildman–Crippen MR) is 68.5 cm³/mol. The first-order valence-electron chi connectivity index (χ1n) is 5.35. The van der Waals surface area contributed by atoms with Crippen molar-refractivity contribution in [2.75, 3.05) is 0 Å². The van der Waals surface area contributed by atoms with E-state index in [0.717, 1.165) is 17.6 Å². The number of phenols is 1. The highest BCUT2D eigenvalue weighted by Gasteiger charge is 2.02. The summed E-state index contributed by atoms with van der Waals surface area (Å²) in [6.07, 6.45) is 4.66. The summed E-state index contributed by atoms with van der Waals surface area (Å²) < 4.78 is 0. The van der Waals surface area contributed by atoms with E-state index >= 15 is 0 Å². The van der Waals surface area contributed by atoms with Gasteiger partial charge in [0, 0.05) is 4.90 Å². The van der Waals surface area contributed by atoms with Crippen molar-refractivity contribution < 1.29 is 5.11 Å². The van der Waals surface area contributed by atoms with Crippen LogP contribution in [0.5, 0.6) is 5.75 Å². The number of hydrogen-bond donors (Lipinski definition) is 2. The minimum atomic E-state index is 0.225. The lowest BCUT2D eigenvalue weighted by atomic mass is 10.0.